The van der Waals surface area contributed by atoms with Crippen LogP contribution in [-0.2, 0) is 11.3 Å². The van der Waals surface area contributed by atoms with Gasteiger partial charge >= 0.3 is 5.97 Å². The average molecular weight is 345 g/mol. The second kappa shape index (κ2) is 6.64. The van der Waals surface area contributed by atoms with E-state index in [1.165, 1.54) is 6.20 Å². The van der Waals surface area contributed by atoms with E-state index in [0.717, 1.165) is 11.1 Å². The van der Waals surface area contributed by atoms with Gasteiger partial charge in [0, 0.05) is 11.6 Å². The highest BCUT2D eigenvalue weighted by atomic mass is 16.5. The Balaban J connectivity index is 1.48. The van der Waals surface area contributed by atoms with Crippen molar-refractivity contribution >= 4 is 22.7 Å². The SMILES string of the molecule is Nc1nc(COC(=O)c2cnn(-c3ccccc3)c2)nc2ccccc12. The van der Waals surface area contributed by atoms with Crippen LogP contribution in [0.3, 0.4) is 0 Å². The van der Waals surface area contributed by atoms with E-state index in [0.29, 0.717) is 22.7 Å². The number of aromatic nitrogens is 4. The van der Waals surface area contributed by atoms with Crippen molar-refractivity contribution in [1.82, 2.24) is 19.7 Å². The van der Waals surface area contributed by atoms with Crippen molar-refractivity contribution in [2.75, 3.05) is 5.73 Å². The fraction of sp³-hybridized carbons (Fsp3) is 0.0526. The molecule has 0 atom stereocenters. The number of anilines is 1. The number of carbonyl (C=O) groups excluding carboxylic acids is 1. The number of fused-ring (bicyclic) bond motifs is 1. The quantitative estimate of drug-likeness (QED) is 0.571. The second-order valence-electron chi connectivity index (χ2n) is 5.63. The summed E-state index contributed by atoms with van der Waals surface area (Å²) in [5.41, 5.74) is 7.86. The van der Waals surface area contributed by atoms with Crippen molar-refractivity contribution < 1.29 is 9.53 Å². The number of esters is 1. The van der Waals surface area contributed by atoms with Gasteiger partial charge in [-0.2, -0.15) is 5.10 Å². The number of hydrogen-bond donors (Lipinski definition) is 1. The van der Waals surface area contributed by atoms with Crippen LogP contribution in [0.2, 0.25) is 0 Å². The molecule has 2 N–H and O–H groups in total. The van der Waals surface area contributed by atoms with E-state index >= 15 is 0 Å². The predicted octanol–water partition coefficient (Wildman–Crippen LogP) is 2.75. The maximum absolute atomic E-state index is 12.2. The van der Waals surface area contributed by atoms with Gasteiger partial charge in [-0.15, -0.1) is 0 Å². The molecule has 0 aliphatic heterocycles. The van der Waals surface area contributed by atoms with Crippen molar-refractivity contribution in [3.05, 3.63) is 78.4 Å². The summed E-state index contributed by atoms with van der Waals surface area (Å²) in [6, 6.07) is 16.9. The van der Waals surface area contributed by atoms with Crippen molar-refractivity contribution in [2.45, 2.75) is 6.61 Å². The summed E-state index contributed by atoms with van der Waals surface area (Å²) in [5, 5.41) is 4.95. The van der Waals surface area contributed by atoms with E-state index in [9.17, 15) is 4.79 Å². The molecule has 7 nitrogen and oxygen atoms in total. The normalized spacial score (nSPS) is 10.8. The van der Waals surface area contributed by atoms with E-state index in [4.69, 9.17) is 10.5 Å². The Labute approximate surface area is 149 Å². The van der Waals surface area contributed by atoms with E-state index in [1.54, 1.807) is 10.9 Å². The first kappa shape index (κ1) is 15.8. The predicted molar refractivity (Wildman–Crippen MR) is 96.6 cm³/mol. The lowest BCUT2D eigenvalue weighted by molar-refractivity contribution is 0.0462. The smallest absolute Gasteiger partial charge is 0.341 e. The number of rotatable bonds is 4. The summed E-state index contributed by atoms with van der Waals surface area (Å²) < 4.78 is 6.91. The van der Waals surface area contributed by atoms with Crippen LogP contribution in [0.1, 0.15) is 16.2 Å². The molecule has 0 spiro atoms. The lowest BCUT2D eigenvalue weighted by Crippen LogP contribution is -2.08. The van der Waals surface area contributed by atoms with Gasteiger partial charge in [0.2, 0.25) is 0 Å². The van der Waals surface area contributed by atoms with Gasteiger partial charge < -0.3 is 10.5 Å². The highest BCUT2D eigenvalue weighted by Gasteiger charge is 2.13. The number of benzene rings is 2. The molecule has 0 bridgehead atoms. The third kappa shape index (κ3) is 3.10. The van der Waals surface area contributed by atoms with Gasteiger partial charge in [-0.3, -0.25) is 0 Å². The Morgan fingerprint density at radius 2 is 1.81 bits per heavy atom. The first-order valence-electron chi connectivity index (χ1n) is 7.99. The molecule has 7 heteroatoms. The third-order valence-corrected chi connectivity index (χ3v) is 3.85. The first-order valence-corrected chi connectivity index (χ1v) is 7.99. The zero-order chi connectivity index (χ0) is 17.9. The van der Waals surface area contributed by atoms with Crippen LogP contribution in [0.25, 0.3) is 16.6 Å². The minimum Gasteiger partial charge on any atom is -0.454 e. The number of para-hydroxylation sites is 2. The maximum Gasteiger partial charge on any atom is 0.341 e. The maximum atomic E-state index is 12.2. The zero-order valence-corrected chi connectivity index (χ0v) is 13.7. The van der Waals surface area contributed by atoms with E-state index < -0.39 is 5.97 Å². The molecule has 4 rings (SSSR count). The minimum atomic E-state index is -0.498. The monoisotopic (exact) mass is 345 g/mol. The molecule has 4 aromatic rings. The molecule has 26 heavy (non-hydrogen) atoms. The summed E-state index contributed by atoms with van der Waals surface area (Å²) in [5.74, 6) is 0.214. The van der Waals surface area contributed by atoms with Gasteiger partial charge in [0.05, 0.1) is 23.0 Å². The summed E-state index contributed by atoms with van der Waals surface area (Å²) >= 11 is 0. The minimum absolute atomic E-state index is 0.0651. The highest BCUT2D eigenvalue weighted by Crippen LogP contribution is 2.17. The van der Waals surface area contributed by atoms with Gasteiger partial charge in [-0.1, -0.05) is 30.3 Å². The molecule has 2 aromatic heterocycles. The molecule has 0 amide bonds. The van der Waals surface area contributed by atoms with Gasteiger partial charge in [0.15, 0.2) is 12.4 Å². The highest BCUT2D eigenvalue weighted by molar-refractivity contribution is 5.89. The van der Waals surface area contributed by atoms with Crippen molar-refractivity contribution in [3.63, 3.8) is 0 Å². The Hall–Kier alpha value is -3.74. The van der Waals surface area contributed by atoms with Crippen LogP contribution >= 0.6 is 0 Å². The fourth-order valence-corrected chi connectivity index (χ4v) is 2.58. The lowest BCUT2D eigenvalue weighted by Gasteiger charge is -2.06. The topological polar surface area (TPSA) is 95.9 Å². The summed E-state index contributed by atoms with van der Waals surface area (Å²) in [6.45, 7) is -0.0651. The van der Waals surface area contributed by atoms with Crippen LogP contribution < -0.4 is 5.73 Å². The zero-order valence-electron chi connectivity index (χ0n) is 13.7. The molecular weight excluding hydrogens is 330 g/mol. The molecule has 2 aromatic carbocycles. The fourth-order valence-electron chi connectivity index (χ4n) is 2.58. The van der Waals surface area contributed by atoms with E-state index in [2.05, 4.69) is 15.1 Å². The summed E-state index contributed by atoms with van der Waals surface area (Å²) in [6.07, 6.45) is 3.08. The molecule has 0 radical (unpaired) electrons. The Morgan fingerprint density at radius 1 is 1.04 bits per heavy atom. The van der Waals surface area contributed by atoms with E-state index in [-0.39, 0.29) is 6.61 Å². The van der Waals surface area contributed by atoms with Crippen LogP contribution in [0.5, 0.6) is 0 Å². The number of ether oxygens (including phenoxy) is 1. The molecule has 0 aliphatic rings. The molecule has 128 valence electrons. The summed E-state index contributed by atoms with van der Waals surface area (Å²) in [4.78, 5) is 20.8. The summed E-state index contributed by atoms with van der Waals surface area (Å²) in [7, 11) is 0. The molecule has 2 heterocycles. The third-order valence-electron chi connectivity index (χ3n) is 3.85. The van der Waals surface area contributed by atoms with Crippen LogP contribution in [0, 0.1) is 0 Å². The second-order valence-corrected chi connectivity index (χ2v) is 5.63. The first-order chi connectivity index (χ1) is 12.7. The van der Waals surface area contributed by atoms with Gasteiger partial charge in [-0.25, -0.2) is 19.4 Å². The number of nitrogens with two attached hydrogens (primary N) is 1. The lowest BCUT2D eigenvalue weighted by atomic mass is 10.2. The van der Waals surface area contributed by atoms with Gasteiger partial charge in [0.1, 0.15) is 5.82 Å². The molecule has 0 fully saturated rings. The molecule has 0 saturated heterocycles. The van der Waals surface area contributed by atoms with Crippen LogP contribution in [0.4, 0.5) is 5.82 Å². The largest absolute Gasteiger partial charge is 0.454 e. The van der Waals surface area contributed by atoms with Gasteiger partial charge in [-0.05, 0) is 24.3 Å². The molecule has 0 unspecified atom stereocenters. The average Bonchev–Trinajstić information content (AvgIpc) is 3.17. The Bertz CT molecular complexity index is 1080. The van der Waals surface area contributed by atoms with Crippen LogP contribution in [-0.4, -0.2) is 25.7 Å². The number of hydrogen-bond acceptors (Lipinski definition) is 6. The molecular formula is C19H15N5O2. The van der Waals surface area contributed by atoms with Gasteiger partial charge in [0.25, 0.3) is 0 Å². The standard InChI is InChI=1S/C19H15N5O2/c20-18-15-8-4-5-9-16(15)22-17(23-18)12-26-19(25)13-10-21-24(11-13)14-6-2-1-3-7-14/h1-11H,12H2,(H2,20,22,23). The Morgan fingerprint density at radius 3 is 2.65 bits per heavy atom. The Kier molecular flexibility index (Phi) is 4.03. The molecule has 0 aliphatic carbocycles. The van der Waals surface area contributed by atoms with Crippen molar-refractivity contribution in [2.24, 2.45) is 0 Å². The number of nitrogens with zero attached hydrogens (tertiary/aromatic N) is 4. The number of nitrogen functional groups attached to an aromatic ring is 1. The number of carbonyl (C=O) groups is 1. The van der Waals surface area contributed by atoms with Crippen molar-refractivity contribution in [3.8, 4) is 5.69 Å². The van der Waals surface area contributed by atoms with E-state index in [1.807, 2.05) is 54.6 Å². The van der Waals surface area contributed by atoms with Crippen LogP contribution in [0.15, 0.2) is 67.0 Å². The molecule has 0 saturated carbocycles. The van der Waals surface area contributed by atoms with Crippen molar-refractivity contribution in [1.29, 1.82) is 0 Å².